The number of carbonyl (C=O) groups excluding carboxylic acids is 1. The van der Waals surface area contributed by atoms with Crippen molar-refractivity contribution in [2.75, 3.05) is 14.2 Å². The third-order valence-electron chi connectivity index (χ3n) is 5.64. The summed E-state index contributed by atoms with van der Waals surface area (Å²) in [5, 5.41) is 5.04. The van der Waals surface area contributed by atoms with E-state index in [4.69, 9.17) is 18.7 Å². The van der Waals surface area contributed by atoms with Gasteiger partial charge in [-0.15, -0.1) is 0 Å². The number of fused-ring (bicyclic) bond motifs is 2. The number of aromatic nitrogens is 3. The number of benzene rings is 3. The molecule has 0 radical (unpaired) electrons. The third kappa shape index (κ3) is 4.19. The van der Waals surface area contributed by atoms with Crippen molar-refractivity contribution in [1.82, 2.24) is 14.7 Å². The molecule has 0 fully saturated rings. The van der Waals surface area contributed by atoms with Crippen LogP contribution in [0.5, 0.6) is 11.5 Å². The molecule has 0 aliphatic carbocycles. The fourth-order valence-electron chi connectivity index (χ4n) is 3.97. The number of ether oxygens (including phenoxy) is 3. The molecule has 5 aromatic rings. The lowest BCUT2D eigenvalue weighted by atomic mass is 10.1. The second kappa shape index (κ2) is 9.30. The fourth-order valence-corrected chi connectivity index (χ4v) is 3.97. The van der Waals surface area contributed by atoms with Gasteiger partial charge >= 0.3 is 5.97 Å². The number of pyridine rings is 1. The van der Waals surface area contributed by atoms with Crippen molar-refractivity contribution in [1.29, 1.82) is 0 Å². The van der Waals surface area contributed by atoms with Crippen molar-refractivity contribution < 1.29 is 23.5 Å². The number of hydrogen-bond acceptors (Lipinski definition) is 8. The minimum atomic E-state index is -0.509. The summed E-state index contributed by atoms with van der Waals surface area (Å²) in [6.07, 6.45) is 0. The molecule has 0 saturated carbocycles. The molecule has 0 spiro atoms. The molecule has 0 amide bonds. The lowest BCUT2D eigenvalue weighted by molar-refractivity contribution is -0.146. The first kappa shape index (κ1) is 22.1. The van der Waals surface area contributed by atoms with Gasteiger partial charge in [-0.3, -0.25) is 9.59 Å². The average molecular weight is 471 g/mol. The number of rotatable bonds is 7. The Morgan fingerprint density at radius 2 is 1.63 bits per heavy atom. The van der Waals surface area contributed by atoms with Gasteiger partial charge in [0.15, 0.2) is 12.0 Å². The highest BCUT2D eigenvalue weighted by molar-refractivity contribution is 5.94. The minimum absolute atomic E-state index is 0.0758. The van der Waals surface area contributed by atoms with Crippen LogP contribution in [-0.4, -0.2) is 34.9 Å². The second-order valence-electron chi connectivity index (χ2n) is 7.69. The number of para-hydroxylation sites is 2. The molecular weight excluding hydrogens is 450 g/mol. The highest BCUT2D eigenvalue weighted by Crippen LogP contribution is 2.31. The van der Waals surface area contributed by atoms with E-state index in [9.17, 15) is 9.59 Å². The fraction of sp³-hybridized carbons (Fsp3) is 0.154. The predicted molar refractivity (Wildman–Crippen MR) is 128 cm³/mol. The molecule has 2 aromatic heterocycles. The molecule has 0 bridgehead atoms. The smallest absolute Gasteiger partial charge is 0.326 e. The Labute approximate surface area is 199 Å². The molecule has 0 N–H and O–H groups in total. The first-order valence-corrected chi connectivity index (χ1v) is 10.8. The van der Waals surface area contributed by atoms with Gasteiger partial charge in [-0.1, -0.05) is 29.4 Å². The van der Waals surface area contributed by atoms with Gasteiger partial charge in [-0.2, -0.15) is 4.98 Å². The Morgan fingerprint density at radius 1 is 0.943 bits per heavy atom. The van der Waals surface area contributed by atoms with Crippen LogP contribution in [0.4, 0.5) is 0 Å². The maximum atomic E-state index is 12.9. The van der Waals surface area contributed by atoms with Crippen LogP contribution in [0.1, 0.15) is 5.89 Å². The van der Waals surface area contributed by atoms with Crippen LogP contribution >= 0.6 is 0 Å². The van der Waals surface area contributed by atoms with Gasteiger partial charge in [0.25, 0.3) is 5.89 Å². The summed E-state index contributed by atoms with van der Waals surface area (Å²) in [6.45, 7) is -0.283. The molecule has 176 valence electrons. The molecular formula is C26H21N3O6. The molecule has 0 unspecified atom stereocenters. The number of methoxy groups -OCH3 is 2. The topological polar surface area (TPSA) is 106 Å². The highest BCUT2D eigenvalue weighted by atomic mass is 16.6. The molecule has 3 aromatic carbocycles. The van der Waals surface area contributed by atoms with Crippen molar-refractivity contribution in [2.45, 2.75) is 13.2 Å². The van der Waals surface area contributed by atoms with E-state index in [0.717, 1.165) is 0 Å². The number of esters is 1. The van der Waals surface area contributed by atoms with E-state index in [1.54, 1.807) is 54.1 Å². The first-order valence-electron chi connectivity index (χ1n) is 10.8. The number of nitrogens with zero attached hydrogens (tertiary/aromatic N) is 3. The second-order valence-corrected chi connectivity index (χ2v) is 7.69. The summed E-state index contributed by atoms with van der Waals surface area (Å²) < 4.78 is 23.0. The van der Waals surface area contributed by atoms with Crippen LogP contribution in [0.3, 0.4) is 0 Å². The van der Waals surface area contributed by atoms with Crippen molar-refractivity contribution >= 4 is 27.8 Å². The molecule has 9 nitrogen and oxygen atoms in total. The zero-order valence-electron chi connectivity index (χ0n) is 19.1. The van der Waals surface area contributed by atoms with Crippen LogP contribution in [0.2, 0.25) is 0 Å². The molecule has 0 atom stereocenters. The van der Waals surface area contributed by atoms with Crippen molar-refractivity contribution in [3.63, 3.8) is 0 Å². The summed E-state index contributed by atoms with van der Waals surface area (Å²) in [4.78, 5) is 29.9. The predicted octanol–water partition coefficient (Wildman–Crippen LogP) is 3.97. The van der Waals surface area contributed by atoms with Crippen molar-refractivity contribution in [3.05, 3.63) is 82.8 Å². The summed E-state index contributed by atoms with van der Waals surface area (Å²) >= 11 is 0. The van der Waals surface area contributed by atoms with Gasteiger partial charge < -0.3 is 23.3 Å². The van der Waals surface area contributed by atoms with E-state index in [1.807, 2.05) is 24.3 Å². The first-order chi connectivity index (χ1) is 17.1. The summed E-state index contributed by atoms with van der Waals surface area (Å²) in [5.41, 5.74) is 1.84. The molecule has 2 heterocycles. The minimum Gasteiger partial charge on any atom is -0.497 e. The lowest BCUT2D eigenvalue weighted by Gasteiger charge is -2.14. The van der Waals surface area contributed by atoms with Crippen LogP contribution in [-0.2, 0) is 22.7 Å². The molecule has 0 saturated heterocycles. The average Bonchev–Trinajstić information content (AvgIpc) is 3.38. The zero-order valence-corrected chi connectivity index (χ0v) is 19.1. The summed E-state index contributed by atoms with van der Waals surface area (Å²) in [5.74, 6) is 1.08. The van der Waals surface area contributed by atoms with E-state index in [1.165, 1.54) is 7.11 Å². The number of carbonyl (C=O) groups is 1. The maximum absolute atomic E-state index is 12.9. The number of hydrogen-bond donors (Lipinski definition) is 0. The van der Waals surface area contributed by atoms with Crippen LogP contribution < -0.4 is 14.9 Å². The van der Waals surface area contributed by atoms with Crippen molar-refractivity contribution in [2.24, 2.45) is 0 Å². The Kier molecular flexibility index (Phi) is 5.88. The zero-order chi connectivity index (χ0) is 24.4. The van der Waals surface area contributed by atoms with Gasteiger partial charge in [-0.05, 0) is 36.4 Å². The normalized spacial score (nSPS) is 11.0. The molecule has 0 aliphatic rings. The van der Waals surface area contributed by atoms with Gasteiger partial charge in [0.2, 0.25) is 5.82 Å². The Morgan fingerprint density at radius 3 is 2.29 bits per heavy atom. The van der Waals surface area contributed by atoms with Crippen LogP contribution in [0.15, 0.2) is 76.0 Å². The monoisotopic (exact) mass is 471 g/mol. The van der Waals surface area contributed by atoms with Crippen molar-refractivity contribution in [3.8, 4) is 22.9 Å². The van der Waals surface area contributed by atoms with Gasteiger partial charge in [0.05, 0.1) is 30.8 Å². The van der Waals surface area contributed by atoms with Gasteiger partial charge in [0.1, 0.15) is 18.0 Å². The SMILES string of the molecule is COc1ccc(-c2noc(COC(=O)Cn3c4ccccc4c(=O)c4ccccc43)n2)c(OC)c1. The Balaban J connectivity index is 1.36. The molecule has 35 heavy (non-hydrogen) atoms. The van der Waals surface area contributed by atoms with Crippen LogP contribution in [0, 0.1) is 0 Å². The van der Waals surface area contributed by atoms with E-state index in [2.05, 4.69) is 10.1 Å². The van der Waals surface area contributed by atoms with E-state index < -0.39 is 5.97 Å². The molecule has 9 heteroatoms. The Hall–Kier alpha value is -4.66. The quantitative estimate of drug-likeness (QED) is 0.259. The maximum Gasteiger partial charge on any atom is 0.326 e. The van der Waals surface area contributed by atoms with E-state index >= 15 is 0 Å². The van der Waals surface area contributed by atoms with Gasteiger partial charge in [0, 0.05) is 16.8 Å². The van der Waals surface area contributed by atoms with Crippen LogP contribution in [0.25, 0.3) is 33.2 Å². The molecule has 0 aliphatic heterocycles. The lowest BCUT2D eigenvalue weighted by Crippen LogP contribution is -2.18. The summed E-state index contributed by atoms with van der Waals surface area (Å²) in [7, 11) is 3.10. The third-order valence-corrected chi connectivity index (χ3v) is 5.64. The Bertz CT molecular complexity index is 1540. The largest absolute Gasteiger partial charge is 0.497 e. The van der Waals surface area contributed by atoms with E-state index in [0.29, 0.717) is 44.7 Å². The molecule has 5 rings (SSSR count). The summed E-state index contributed by atoms with van der Waals surface area (Å²) in [6, 6.07) is 19.6. The highest BCUT2D eigenvalue weighted by Gasteiger charge is 2.17. The van der Waals surface area contributed by atoms with E-state index in [-0.39, 0.29) is 24.5 Å². The van der Waals surface area contributed by atoms with Gasteiger partial charge in [-0.25, -0.2) is 0 Å². The standard InChI is InChI=1S/C26H21N3O6/c1-32-16-11-12-19(22(13-16)33-2)26-27-23(35-28-26)15-34-24(30)14-29-20-9-5-3-7-17(20)25(31)18-8-4-6-10-21(18)29/h3-13H,14-15H2,1-2H3.